The van der Waals surface area contributed by atoms with E-state index in [-0.39, 0.29) is 36.6 Å². The zero-order chi connectivity index (χ0) is 27.8. The Labute approximate surface area is 221 Å². The number of hydrogen-bond donors (Lipinski definition) is 2. The third kappa shape index (κ3) is 13.5. The fourth-order valence-electron chi connectivity index (χ4n) is 3.40. The van der Waals surface area contributed by atoms with Crippen LogP contribution in [-0.2, 0) is 41.0 Å². The second-order valence-electron chi connectivity index (χ2n) is 12.3. The highest BCUT2D eigenvalue weighted by molar-refractivity contribution is 7.82. The van der Waals surface area contributed by atoms with Crippen LogP contribution < -0.4 is 0 Å². The summed E-state index contributed by atoms with van der Waals surface area (Å²) < 4.78 is 34.6. The molecule has 1 aromatic rings. The van der Waals surface area contributed by atoms with Crippen LogP contribution in [0.3, 0.4) is 0 Å². The van der Waals surface area contributed by atoms with Crippen molar-refractivity contribution in [2.24, 2.45) is 16.2 Å². The summed E-state index contributed by atoms with van der Waals surface area (Å²) >= 11 is 4.52. The van der Waals surface area contributed by atoms with Gasteiger partial charge in [0.15, 0.2) is 0 Å². The molecule has 1 N–H and O–H groups in total. The molecule has 0 amide bonds. The molecule has 0 aliphatic rings. The van der Waals surface area contributed by atoms with Gasteiger partial charge in [-0.1, -0.05) is 53.7 Å². The van der Waals surface area contributed by atoms with Gasteiger partial charge >= 0.3 is 13.8 Å². The molecule has 0 aromatic carbocycles. The number of phosphoric ester groups is 1. The van der Waals surface area contributed by atoms with Gasteiger partial charge in [-0.3, -0.25) is 18.5 Å². The summed E-state index contributed by atoms with van der Waals surface area (Å²) in [6.07, 6.45) is 2.87. The lowest BCUT2D eigenvalue weighted by atomic mass is 9.85. The van der Waals surface area contributed by atoms with E-state index in [1.807, 2.05) is 34.6 Å². The Morgan fingerprint density at radius 3 is 2.22 bits per heavy atom. The van der Waals surface area contributed by atoms with Crippen molar-refractivity contribution in [3.05, 3.63) is 11.9 Å². The molecule has 210 valence electrons. The van der Waals surface area contributed by atoms with Crippen molar-refractivity contribution >= 4 is 26.4 Å². The number of nitrogens with zero attached hydrogens (tertiary/aromatic N) is 3. The van der Waals surface area contributed by atoms with Gasteiger partial charge in [-0.25, -0.2) is 4.57 Å². The predicted molar refractivity (Wildman–Crippen MR) is 142 cm³/mol. The van der Waals surface area contributed by atoms with Crippen LogP contribution in [0.15, 0.2) is 6.20 Å². The molecule has 0 saturated heterocycles. The molecule has 0 aliphatic heterocycles. The van der Waals surface area contributed by atoms with Gasteiger partial charge in [-0.05, 0) is 37.5 Å². The van der Waals surface area contributed by atoms with E-state index in [2.05, 4.69) is 43.7 Å². The van der Waals surface area contributed by atoms with Crippen LogP contribution in [0, 0.1) is 16.2 Å². The van der Waals surface area contributed by atoms with Gasteiger partial charge in [0.2, 0.25) is 0 Å². The van der Waals surface area contributed by atoms with Crippen molar-refractivity contribution in [3.8, 4) is 0 Å². The summed E-state index contributed by atoms with van der Waals surface area (Å²) in [6.45, 7) is 19.1. The van der Waals surface area contributed by atoms with Crippen LogP contribution in [0.1, 0.15) is 80.8 Å². The molecule has 12 heteroatoms. The molecule has 0 spiro atoms. The highest BCUT2D eigenvalue weighted by Gasteiger charge is 2.35. The number of aryl methyl sites for hydroxylation is 1. The third-order valence-electron chi connectivity index (χ3n) is 5.22. The van der Waals surface area contributed by atoms with Crippen molar-refractivity contribution in [2.75, 3.05) is 26.4 Å². The first kappa shape index (κ1) is 33.1. The van der Waals surface area contributed by atoms with Crippen LogP contribution in [0.5, 0.6) is 0 Å². The molecule has 0 bridgehead atoms. The number of phosphoric acid groups is 1. The first-order valence-corrected chi connectivity index (χ1v) is 14.2. The minimum atomic E-state index is -4.26. The second kappa shape index (κ2) is 13.2. The number of aromatic nitrogens is 3. The Morgan fingerprint density at radius 1 is 1.06 bits per heavy atom. The van der Waals surface area contributed by atoms with Gasteiger partial charge in [0.05, 0.1) is 32.6 Å². The second-order valence-corrected chi connectivity index (χ2v) is 14.7. The Bertz CT molecular complexity index is 881. The maximum Gasteiger partial charge on any atom is 0.472 e. The highest BCUT2D eigenvalue weighted by Crippen LogP contribution is 2.45. The lowest BCUT2D eigenvalue weighted by molar-refractivity contribution is -0.148. The first-order chi connectivity index (χ1) is 16.3. The van der Waals surface area contributed by atoms with Crippen molar-refractivity contribution < 1.29 is 32.8 Å². The molecule has 0 saturated carbocycles. The molecule has 0 fully saturated rings. The average molecular weight is 552 g/mol. The van der Waals surface area contributed by atoms with Crippen molar-refractivity contribution in [1.82, 2.24) is 15.0 Å². The number of hydrogen-bond acceptors (Lipinski definition) is 9. The number of thiol groups is 1. The molecule has 0 radical (unpaired) electrons. The molecule has 36 heavy (non-hydrogen) atoms. The van der Waals surface area contributed by atoms with Gasteiger partial charge in [-0.2, -0.15) is 12.6 Å². The van der Waals surface area contributed by atoms with Crippen molar-refractivity contribution in [3.63, 3.8) is 0 Å². The maximum atomic E-state index is 12.5. The van der Waals surface area contributed by atoms with Crippen LogP contribution in [-0.4, -0.2) is 57.0 Å². The monoisotopic (exact) mass is 551 g/mol. The molecule has 1 heterocycles. The van der Waals surface area contributed by atoms with E-state index in [0.717, 1.165) is 0 Å². The van der Waals surface area contributed by atoms with E-state index < -0.39 is 18.0 Å². The minimum absolute atomic E-state index is 0.0330. The Morgan fingerprint density at radius 2 is 1.67 bits per heavy atom. The molecular formula is C24H46N3O7PS. The quantitative estimate of drug-likeness (QED) is 0.165. The minimum Gasteiger partial charge on any atom is -0.465 e. The summed E-state index contributed by atoms with van der Waals surface area (Å²) in [7, 11) is -4.26. The zero-order valence-electron chi connectivity index (χ0n) is 23.4. The lowest BCUT2D eigenvalue weighted by Crippen LogP contribution is -2.36. The molecular weight excluding hydrogens is 505 g/mol. The van der Waals surface area contributed by atoms with E-state index >= 15 is 0 Å². The SMILES string of the molecule is CCn1cc(COP(=O)(O)OCC(C)(C)COCC(C)(C)CCOC(=O)C(C)(S)CC(C)(C)C)nn1. The summed E-state index contributed by atoms with van der Waals surface area (Å²) in [5.74, 6) is -0.318. The Hall–Kier alpha value is -0.970. The summed E-state index contributed by atoms with van der Waals surface area (Å²) in [5.41, 5.74) is -0.361. The summed E-state index contributed by atoms with van der Waals surface area (Å²) in [5, 5.41) is 7.72. The standard InChI is InChI=1S/C24H46N3O7PS/c1-10-27-13-19(25-26-27)14-33-35(29,30)34-18-23(7,8)17-31-16-22(5,6)11-12-32-20(28)24(9,36)15-21(2,3)4/h13,36H,10-12,14-18H2,1-9H3,(H,29,30). The van der Waals surface area contributed by atoms with Crippen LogP contribution in [0.2, 0.25) is 0 Å². The summed E-state index contributed by atoms with van der Waals surface area (Å²) in [6, 6.07) is 0. The maximum absolute atomic E-state index is 12.5. The molecule has 1 aromatic heterocycles. The van der Waals surface area contributed by atoms with E-state index in [4.69, 9.17) is 18.5 Å². The van der Waals surface area contributed by atoms with Crippen LogP contribution in [0.4, 0.5) is 0 Å². The fourth-order valence-corrected chi connectivity index (χ4v) is 4.82. The lowest BCUT2D eigenvalue weighted by Gasteiger charge is -2.31. The molecule has 2 unspecified atom stereocenters. The van der Waals surface area contributed by atoms with E-state index in [1.54, 1.807) is 17.8 Å². The van der Waals surface area contributed by atoms with Gasteiger partial charge in [0.25, 0.3) is 0 Å². The van der Waals surface area contributed by atoms with Crippen LogP contribution >= 0.6 is 20.5 Å². The number of carbonyl (C=O) groups excluding carboxylic acids is 1. The largest absolute Gasteiger partial charge is 0.472 e. The Kier molecular flexibility index (Phi) is 12.1. The topological polar surface area (TPSA) is 122 Å². The van der Waals surface area contributed by atoms with E-state index in [0.29, 0.717) is 38.3 Å². The molecule has 1 rings (SSSR count). The molecule has 10 nitrogen and oxygen atoms in total. The fraction of sp³-hybridized carbons (Fsp3) is 0.875. The van der Waals surface area contributed by atoms with Crippen molar-refractivity contribution in [2.45, 2.75) is 93.1 Å². The molecule has 2 atom stereocenters. The smallest absolute Gasteiger partial charge is 0.465 e. The van der Waals surface area contributed by atoms with Gasteiger partial charge in [0.1, 0.15) is 17.0 Å². The van der Waals surface area contributed by atoms with Crippen molar-refractivity contribution in [1.29, 1.82) is 0 Å². The van der Waals surface area contributed by atoms with Gasteiger partial charge in [0, 0.05) is 12.0 Å². The predicted octanol–water partition coefficient (Wildman–Crippen LogP) is 5.06. The van der Waals surface area contributed by atoms with E-state index in [9.17, 15) is 14.3 Å². The van der Waals surface area contributed by atoms with Gasteiger partial charge in [-0.15, -0.1) is 5.10 Å². The normalized spacial score (nSPS) is 16.4. The molecule has 0 aliphatic carbocycles. The number of carbonyl (C=O) groups is 1. The van der Waals surface area contributed by atoms with Gasteiger partial charge < -0.3 is 14.4 Å². The highest BCUT2D eigenvalue weighted by atomic mass is 32.1. The van der Waals surface area contributed by atoms with Crippen LogP contribution in [0.25, 0.3) is 0 Å². The van der Waals surface area contributed by atoms with E-state index in [1.165, 1.54) is 0 Å². The zero-order valence-corrected chi connectivity index (χ0v) is 25.2. The first-order valence-electron chi connectivity index (χ1n) is 12.2. The number of esters is 1. The third-order valence-corrected chi connectivity index (χ3v) is 6.47. The summed E-state index contributed by atoms with van der Waals surface area (Å²) in [4.78, 5) is 22.5. The average Bonchev–Trinajstić information content (AvgIpc) is 3.17. The Balaban J connectivity index is 2.38. The number of rotatable bonds is 16. The number of ether oxygens (including phenoxy) is 2.